The molecule has 0 saturated heterocycles. The molecule has 0 aromatic rings. The second-order valence-corrected chi connectivity index (χ2v) is 2.26. The Labute approximate surface area is 40.1 Å². The van der Waals surface area contributed by atoms with E-state index in [2.05, 4.69) is 0 Å². The fourth-order valence-electron chi connectivity index (χ4n) is 0.0666. The third-order valence-electron chi connectivity index (χ3n) is 0.216. The molecular formula is CH3NO4S. The fourth-order valence-corrected chi connectivity index (χ4v) is 0.200. The first-order valence-electron chi connectivity index (χ1n) is 1.30. The number of nitroso groups, excluding NO2 is 1. The summed E-state index contributed by atoms with van der Waals surface area (Å²) >= 11 is 0. The highest BCUT2D eigenvalue weighted by molar-refractivity contribution is 7.85. The van der Waals surface area contributed by atoms with Crippen LogP contribution < -0.4 is 0 Å². The molecule has 0 aliphatic carbocycles. The molecule has 0 saturated carbocycles. The minimum absolute atomic E-state index is 1.06. The van der Waals surface area contributed by atoms with E-state index in [-0.39, 0.29) is 0 Å². The zero-order valence-corrected chi connectivity index (χ0v) is 4.05. The third-order valence-corrected chi connectivity index (χ3v) is 0.648. The minimum atomic E-state index is -4.15. The van der Waals surface area contributed by atoms with Crippen LogP contribution in [0, 0.1) is 4.91 Å². The van der Waals surface area contributed by atoms with Gasteiger partial charge in [-0.3, -0.25) is 4.55 Å². The molecule has 0 unspecified atom stereocenters. The van der Waals surface area contributed by atoms with Crippen molar-refractivity contribution < 1.29 is 13.0 Å². The molecule has 0 atom stereocenters. The van der Waals surface area contributed by atoms with Crippen LogP contribution in [0.5, 0.6) is 0 Å². The lowest BCUT2D eigenvalue weighted by molar-refractivity contribution is 0.483. The van der Waals surface area contributed by atoms with Gasteiger partial charge in [0, 0.05) is 0 Å². The van der Waals surface area contributed by atoms with E-state index in [0.29, 0.717) is 0 Å². The molecule has 6 heteroatoms. The molecule has 0 heterocycles. The summed E-state index contributed by atoms with van der Waals surface area (Å²) in [5, 5.41) is 1.92. The second-order valence-electron chi connectivity index (χ2n) is 0.840. The summed E-state index contributed by atoms with van der Waals surface area (Å²) in [5.74, 6) is -1.06. The lowest BCUT2D eigenvalue weighted by atomic mass is 11.5. The predicted octanol–water partition coefficient (Wildman–Crippen LogP) is -0.402. The molecule has 0 aliphatic heterocycles. The van der Waals surface area contributed by atoms with Gasteiger partial charge < -0.3 is 0 Å². The Hall–Kier alpha value is -0.490. The van der Waals surface area contributed by atoms with E-state index in [9.17, 15) is 8.42 Å². The molecule has 0 bridgehead atoms. The molecule has 0 fully saturated rings. The van der Waals surface area contributed by atoms with Crippen molar-refractivity contribution in [1.29, 1.82) is 0 Å². The van der Waals surface area contributed by atoms with Gasteiger partial charge in [-0.05, 0) is 0 Å². The maximum Gasteiger partial charge on any atom is 0.288 e. The molecular weight excluding hydrogens is 122 g/mol. The maximum absolute atomic E-state index is 9.49. The second kappa shape index (κ2) is 1.99. The van der Waals surface area contributed by atoms with Crippen molar-refractivity contribution >= 4 is 10.1 Å². The molecule has 42 valence electrons. The summed E-state index contributed by atoms with van der Waals surface area (Å²) < 4.78 is 26.7. The molecule has 0 aromatic heterocycles. The monoisotopic (exact) mass is 125 g/mol. The first-order chi connectivity index (χ1) is 3.06. The number of hydrogen-bond donors (Lipinski definition) is 1. The van der Waals surface area contributed by atoms with Crippen LogP contribution >= 0.6 is 0 Å². The van der Waals surface area contributed by atoms with Crippen molar-refractivity contribution in [3.63, 3.8) is 0 Å². The smallest absolute Gasteiger partial charge is 0.284 e. The fraction of sp³-hybridized carbons (Fsp3) is 1.00. The minimum Gasteiger partial charge on any atom is -0.284 e. The largest absolute Gasteiger partial charge is 0.288 e. The van der Waals surface area contributed by atoms with Crippen LogP contribution in [0.25, 0.3) is 0 Å². The quantitative estimate of drug-likeness (QED) is 0.402. The Morgan fingerprint density at radius 2 is 2.00 bits per heavy atom. The Morgan fingerprint density at radius 3 is 2.00 bits per heavy atom. The van der Waals surface area contributed by atoms with Gasteiger partial charge in [-0.1, -0.05) is 5.18 Å². The Kier molecular flexibility index (Phi) is 1.85. The first-order valence-corrected chi connectivity index (χ1v) is 2.91. The van der Waals surface area contributed by atoms with E-state index >= 15 is 0 Å². The SMILES string of the molecule is O=NCS(=O)(=O)O. The zero-order chi connectivity index (χ0) is 5.91. The zero-order valence-electron chi connectivity index (χ0n) is 3.23. The lowest BCUT2D eigenvalue weighted by Crippen LogP contribution is -1.99. The summed E-state index contributed by atoms with van der Waals surface area (Å²) in [4.78, 5) is 9.03. The van der Waals surface area contributed by atoms with Gasteiger partial charge in [-0.2, -0.15) is 8.42 Å². The average molecular weight is 125 g/mol. The van der Waals surface area contributed by atoms with E-state index < -0.39 is 16.0 Å². The van der Waals surface area contributed by atoms with Crippen LogP contribution in [0.15, 0.2) is 5.18 Å². The number of hydrogen-bond acceptors (Lipinski definition) is 4. The van der Waals surface area contributed by atoms with Crippen LogP contribution in [-0.4, -0.2) is 18.8 Å². The van der Waals surface area contributed by atoms with Gasteiger partial charge in [0.2, 0.25) is 5.88 Å². The molecule has 7 heavy (non-hydrogen) atoms. The highest BCUT2D eigenvalue weighted by atomic mass is 32.2. The molecule has 5 nitrogen and oxygen atoms in total. The van der Waals surface area contributed by atoms with Gasteiger partial charge in [0.25, 0.3) is 10.1 Å². The average Bonchev–Trinajstić information content (AvgIpc) is 1.30. The molecule has 0 rings (SSSR count). The van der Waals surface area contributed by atoms with Gasteiger partial charge >= 0.3 is 0 Å². The highest BCUT2D eigenvalue weighted by Crippen LogP contribution is 1.78. The number of nitrogens with zero attached hydrogens (tertiary/aromatic N) is 1. The first kappa shape index (κ1) is 6.51. The van der Waals surface area contributed by atoms with Crippen LogP contribution in [-0.2, 0) is 10.1 Å². The van der Waals surface area contributed by atoms with Crippen LogP contribution in [0.2, 0.25) is 0 Å². The van der Waals surface area contributed by atoms with Crippen molar-refractivity contribution in [2.24, 2.45) is 5.18 Å². The van der Waals surface area contributed by atoms with E-state index in [1.54, 1.807) is 0 Å². The van der Waals surface area contributed by atoms with Crippen LogP contribution in [0.4, 0.5) is 0 Å². The number of rotatable bonds is 2. The van der Waals surface area contributed by atoms with Crippen molar-refractivity contribution in [3.05, 3.63) is 4.91 Å². The van der Waals surface area contributed by atoms with E-state index in [1.165, 1.54) is 0 Å². The van der Waals surface area contributed by atoms with Gasteiger partial charge in [-0.25, -0.2) is 0 Å². The summed E-state index contributed by atoms with van der Waals surface area (Å²) in [6.45, 7) is 0. The predicted molar refractivity (Wildman–Crippen MR) is 22.2 cm³/mol. The normalized spacial score (nSPS) is 11.0. The lowest BCUT2D eigenvalue weighted by Gasteiger charge is -1.78. The van der Waals surface area contributed by atoms with E-state index in [1.807, 2.05) is 5.18 Å². The summed E-state index contributed by atoms with van der Waals surface area (Å²) in [6, 6.07) is 0. The van der Waals surface area contributed by atoms with Crippen LogP contribution in [0.3, 0.4) is 0 Å². The van der Waals surface area contributed by atoms with E-state index in [4.69, 9.17) is 9.46 Å². The molecule has 1 N–H and O–H groups in total. The Balaban J connectivity index is 3.84. The standard InChI is InChI=1S/CH3NO4S/c3-2-1-7(4,5)6/h1H2,(H,4,5,6). The van der Waals surface area contributed by atoms with Gasteiger partial charge in [0.15, 0.2) is 0 Å². The van der Waals surface area contributed by atoms with Crippen molar-refractivity contribution in [2.75, 3.05) is 5.88 Å². The van der Waals surface area contributed by atoms with Gasteiger partial charge in [0.1, 0.15) is 0 Å². The molecule has 0 radical (unpaired) electrons. The summed E-state index contributed by atoms with van der Waals surface area (Å²) in [5.41, 5.74) is 0. The molecule has 0 aromatic carbocycles. The van der Waals surface area contributed by atoms with Crippen molar-refractivity contribution in [3.8, 4) is 0 Å². The van der Waals surface area contributed by atoms with Crippen molar-refractivity contribution in [1.82, 2.24) is 0 Å². The summed E-state index contributed by atoms with van der Waals surface area (Å²) in [6.07, 6.45) is 0. The molecule has 0 aliphatic rings. The maximum atomic E-state index is 9.49. The Bertz CT molecular complexity index is 145. The molecule has 0 spiro atoms. The topological polar surface area (TPSA) is 83.8 Å². The van der Waals surface area contributed by atoms with Gasteiger partial charge in [-0.15, -0.1) is 4.91 Å². The third kappa shape index (κ3) is 5.51. The summed E-state index contributed by atoms with van der Waals surface area (Å²) in [7, 11) is -4.15. The Morgan fingerprint density at radius 1 is 1.57 bits per heavy atom. The highest BCUT2D eigenvalue weighted by Gasteiger charge is 2.00. The van der Waals surface area contributed by atoms with Crippen molar-refractivity contribution in [2.45, 2.75) is 0 Å². The van der Waals surface area contributed by atoms with E-state index in [0.717, 1.165) is 0 Å². The van der Waals surface area contributed by atoms with Gasteiger partial charge in [0.05, 0.1) is 0 Å². The van der Waals surface area contributed by atoms with Crippen LogP contribution in [0.1, 0.15) is 0 Å². The molecule has 0 amide bonds.